The predicted octanol–water partition coefficient (Wildman–Crippen LogP) is 4.10. The molecule has 5 rings (SSSR count). The molecule has 218 valence electrons. The molecule has 0 radical (unpaired) electrons. The molecule has 1 saturated heterocycles. The van der Waals surface area contributed by atoms with Gasteiger partial charge in [0, 0.05) is 56.6 Å². The van der Waals surface area contributed by atoms with E-state index in [1.807, 2.05) is 0 Å². The average molecular weight is 560 g/mol. The lowest BCUT2D eigenvalue weighted by Gasteiger charge is -2.36. The molecule has 3 aliphatic rings. The predicted molar refractivity (Wildman–Crippen MR) is 149 cm³/mol. The molecule has 10 nitrogen and oxygen atoms in total. The number of carbonyl (C=O) groups is 1. The summed E-state index contributed by atoms with van der Waals surface area (Å²) in [6, 6.07) is 0.554. The molecular weight excluding hydrogens is 520 g/mol. The zero-order chi connectivity index (χ0) is 28.2. The molecule has 1 saturated carbocycles. The van der Waals surface area contributed by atoms with E-state index in [1.165, 1.54) is 7.11 Å². The van der Waals surface area contributed by atoms with Crippen LogP contribution in [-0.4, -0.2) is 91.9 Å². The maximum absolute atomic E-state index is 15.4. The van der Waals surface area contributed by atoms with Gasteiger partial charge in [0.2, 0.25) is 5.95 Å². The molecule has 3 heterocycles. The van der Waals surface area contributed by atoms with Gasteiger partial charge in [0.05, 0.1) is 20.3 Å². The number of ether oxygens (including phenoxy) is 2. The van der Waals surface area contributed by atoms with Crippen molar-refractivity contribution in [2.24, 2.45) is 0 Å². The van der Waals surface area contributed by atoms with Crippen LogP contribution >= 0.6 is 0 Å². The van der Waals surface area contributed by atoms with Crippen LogP contribution < -0.4 is 24.6 Å². The fraction of sp³-hybridized carbons (Fsp3) is 0.607. The van der Waals surface area contributed by atoms with Gasteiger partial charge in [0.15, 0.2) is 23.1 Å². The van der Waals surface area contributed by atoms with Crippen molar-refractivity contribution in [2.45, 2.75) is 51.6 Å². The summed E-state index contributed by atoms with van der Waals surface area (Å²) in [6.45, 7) is 8.19. The van der Waals surface area contributed by atoms with Crippen LogP contribution in [0, 0.1) is 11.6 Å². The van der Waals surface area contributed by atoms with Crippen LogP contribution in [0.15, 0.2) is 12.3 Å². The number of aromatic nitrogens is 2. The number of anilines is 3. The molecule has 0 atom stereocenters. The Bertz CT molecular complexity index is 1200. The SMILES string of the molecule is CCOc1cc(OC)c(F)c(N2Cc3cnc(NCCCCCN4CCN(C)CC4)nc3N(C3CC3)C2=O)c1F. The maximum atomic E-state index is 15.4. The van der Waals surface area contributed by atoms with Gasteiger partial charge in [-0.3, -0.25) is 9.80 Å². The van der Waals surface area contributed by atoms with Crippen LogP contribution in [0.25, 0.3) is 0 Å². The summed E-state index contributed by atoms with van der Waals surface area (Å²) in [5, 5.41) is 3.28. The second-order valence-corrected chi connectivity index (χ2v) is 10.6. The molecule has 2 aromatic rings. The molecule has 0 unspecified atom stereocenters. The molecule has 0 bridgehead atoms. The number of fused-ring (bicyclic) bond motifs is 1. The third-order valence-corrected chi connectivity index (χ3v) is 7.68. The number of unbranched alkanes of at least 4 members (excludes halogenated alkanes) is 2. The zero-order valence-electron chi connectivity index (χ0n) is 23.6. The first kappa shape index (κ1) is 28.3. The van der Waals surface area contributed by atoms with Crippen molar-refractivity contribution >= 4 is 23.5 Å². The highest BCUT2D eigenvalue weighted by atomic mass is 19.1. The van der Waals surface area contributed by atoms with Crippen molar-refractivity contribution < 1.29 is 23.0 Å². The van der Waals surface area contributed by atoms with E-state index in [1.54, 1.807) is 18.0 Å². The van der Waals surface area contributed by atoms with E-state index in [2.05, 4.69) is 32.1 Å². The first-order valence-corrected chi connectivity index (χ1v) is 14.2. The highest BCUT2D eigenvalue weighted by Gasteiger charge is 2.44. The summed E-state index contributed by atoms with van der Waals surface area (Å²) in [7, 11) is 3.45. The molecule has 1 aromatic carbocycles. The second kappa shape index (κ2) is 12.5. The van der Waals surface area contributed by atoms with Gasteiger partial charge >= 0.3 is 6.03 Å². The number of benzene rings is 1. The summed E-state index contributed by atoms with van der Waals surface area (Å²) in [6.07, 6.45) is 6.47. The number of methoxy groups -OCH3 is 1. The second-order valence-electron chi connectivity index (χ2n) is 10.6. The van der Waals surface area contributed by atoms with Gasteiger partial charge in [-0.1, -0.05) is 6.42 Å². The Kier molecular flexibility index (Phi) is 8.84. The van der Waals surface area contributed by atoms with Crippen LogP contribution in [0.2, 0.25) is 0 Å². The number of piperazine rings is 1. The lowest BCUT2D eigenvalue weighted by atomic mass is 10.1. The number of hydrogen-bond acceptors (Lipinski definition) is 8. The van der Waals surface area contributed by atoms with E-state index < -0.39 is 23.4 Å². The Morgan fingerprint density at radius 3 is 2.52 bits per heavy atom. The van der Waals surface area contributed by atoms with Gasteiger partial charge in [-0.15, -0.1) is 0 Å². The van der Waals surface area contributed by atoms with Crippen LogP contribution in [0.3, 0.4) is 0 Å². The lowest BCUT2D eigenvalue weighted by molar-refractivity contribution is 0.152. The van der Waals surface area contributed by atoms with Crippen molar-refractivity contribution in [3.05, 3.63) is 29.5 Å². The molecule has 40 heavy (non-hydrogen) atoms. The summed E-state index contributed by atoms with van der Waals surface area (Å²) >= 11 is 0. The Morgan fingerprint density at radius 2 is 1.82 bits per heavy atom. The average Bonchev–Trinajstić information content (AvgIpc) is 3.79. The van der Waals surface area contributed by atoms with Crippen LogP contribution in [0.4, 0.5) is 31.0 Å². The molecular formula is C28H39F2N7O3. The topological polar surface area (TPSA) is 86.3 Å². The number of rotatable bonds is 12. The normalized spacial score (nSPS) is 18.2. The van der Waals surface area contributed by atoms with Crippen LogP contribution in [-0.2, 0) is 6.54 Å². The Labute approximate surface area is 234 Å². The summed E-state index contributed by atoms with van der Waals surface area (Å²) in [5.41, 5.74) is 0.117. The molecule has 1 aromatic heterocycles. The minimum atomic E-state index is -0.956. The minimum Gasteiger partial charge on any atom is -0.493 e. The number of nitrogens with one attached hydrogen (secondary N) is 1. The van der Waals surface area contributed by atoms with Gasteiger partial charge < -0.3 is 24.6 Å². The number of urea groups is 1. The quantitative estimate of drug-likeness (QED) is 0.389. The number of halogens is 2. The maximum Gasteiger partial charge on any atom is 0.330 e. The third kappa shape index (κ3) is 6.07. The largest absolute Gasteiger partial charge is 0.493 e. The summed E-state index contributed by atoms with van der Waals surface area (Å²) < 4.78 is 41.3. The van der Waals surface area contributed by atoms with Crippen molar-refractivity contribution in [2.75, 3.05) is 75.1 Å². The van der Waals surface area contributed by atoms with Crippen molar-refractivity contribution in [3.63, 3.8) is 0 Å². The first-order valence-electron chi connectivity index (χ1n) is 14.2. The third-order valence-electron chi connectivity index (χ3n) is 7.68. The number of likely N-dealkylation sites (N-methyl/N-ethyl adjacent to an activating group) is 1. The molecule has 2 amide bonds. The standard InChI is InChI=1S/C28H39F2N7O3/c1-4-40-22-16-21(39-3)23(29)25(24(22)30)36-18-19-17-32-27(33-26(19)37(28(36)38)20-8-9-20)31-10-6-5-7-11-35-14-12-34(2)13-15-35/h16-17,20H,4-15,18H2,1-3H3,(H,31,32,33). The van der Waals surface area contributed by atoms with Crippen molar-refractivity contribution in [3.8, 4) is 11.5 Å². The molecule has 2 aliphatic heterocycles. The highest BCUT2D eigenvalue weighted by Crippen LogP contribution is 2.43. The molecule has 1 N–H and O–H groups in total. The molecule has 2 fully saturated rings. The van der Waals surface area contributed by atoms with Gasteiger partial charge in [0.1, 0.15) is 11.5 Å². The zero-order valence-corrected chi connectivity index (χ0v) is 23.6. The van der Waals surface area contributed by atoms with Crippen LogP contribution in [0.1, 0.15) is 44.6 Å². The Morgan fingerprint density at radius 1 is 1.07 bits per heavy atom. The van der Waals surface area contributed by atoms with Gasteiger partial charge in [0.25, 0.3) is 0 Å². The fourth-order valence-corrected chi connectivity index (χ4v) is 5.23. The van der Waals surface area contributed by atoms with E-state index in [4.69, 9.17) is 9.47 Å². The van der Waals surface area contributed by atoms with Crippen molar-refractivity contribution in [1.29, 1.82) is 0 Å². The van der Waals surface area contributed by atoms with E-state index in [0.717, 1.165) is 82.3 Å². The van der Waals surface area contributed by atoms with Gasteiger partial charge in [-0.25, -0.2) is 18.6 Å². The Hall–Kier alpha value is -3.25. The molecule has 1 aliphatic carbocycles. The van der Waals surface area contributed by atoms with E-state index in [-0.39, 0.29) is 30.7 Å². The fourth-order valence-electron chi connectivity index (χ4n) is 5.23. The summed E-state index contributed by atoms with van der Waals surface area (Å²) in [4.78, 5) is 30.3. The van der Waals surface area contributed by atoms with E-state index in [0.29, 0.717) is 17.3 Å². The monoisotopic (exact) mass is 559 g/mol. The van der Waals surface area contributed by atoms with Gasteiger partial charge in [-0.05, 0) is 46.2 Å². The summed E-state index contributed by atoms with van der Waals surface area (Å²) in [5.74, 6) is -1.34. The highest BCUT2D eigenvalue weighted by molar-refractivity contribution is 6.06. The lowest BCUT2D eigenvalue weighted by Crippen LogP contribution is -2.49. The number of carbonyl (C=O) groups excluding carboxylic acids is 1. The van der Waals surface area contributed by atoms with E-state index in [9.17, 15) is 4.79 Å². The van der Waals surface area contributed by atoms with E-state index >= 15 is 8.78 Å². The molecule has 0 spiro atoms. The van der Waals surface area contributed by atoms with Crippen LogP contribution in [0.5, 0.6) is 11.5 Å². The van der Waals surface area contributed by atoms with Gasteiger partial charge in [-0.2, -0.15) is 4.98 Å². The number of nitrogens with zero attached hydrogens (tertiary/aromatic N) is 6. The first-order chi connectivity index (χ1) is 19.4. The number of amides is 2. The molecule has 12 heteroatoms. The van der Waals surface area contributed by atoms with Crippen molar-refractivity contribution in [1.82, 2.24) is 19.8 Å². The Balaban J connectivity index is 1.26. The number of hydrogen-bond donors (Lipinski definition) is 1. The minimum absolute atomic E-state index is 0.0729. The smallest absolute Gasteiger partial charge is 0.330 e.